The molecule has 0 aliphatic rings. The lowest BCUT2D eigenvalue weighted by atomic mass is 10.1. The molecular weight excluding hydrogens is 502 g/mol. The molecule has 6 rings (SSSR count). The van der Waals surface area contributed by atoms with Crippen LogP contribution < -0.4 is 15.1 Å². The highest BCUT2D eigenvalue weighted by atomic mass is 16.2. The Kier molecular flexibility index (Phi) is 6.27. The number of fused-ring (bicyclic) bond motifs is 2. The Hall–Kier alpha value is -5.38. The third kappa shape index (κ3) is 4.78. The third-order valence-electron chi connectivity index (χ3n) is 6.58. The van der Waals surface area contributed by atoms with Crippen molar-refractivity contribution < 1.29 is 4.79 Å². The van der Waals surface area contributed by atoms with Gasteiger partial charge >= 0.3 is 0 Å². The highest BCUT2D eigenvalue weighted by Crippen LogP contribution is 2.30. The molecule has 0 saturated carbocycles. The number of rotatable bonds is 6. The van der Waals surface area contributed by atoms with Crippen molar-refractivity contribution in [3.8, 4) is 11.4 Å². The number of hydrogen-bond acceptors (Lipinski definition) is 8. The number of H-pyrrole nitrogens is 1. The fourth-order valence-corrected chi connectivity index (χ4v) is 4.60. The number of carbonyl (C=O) groups is 1. The van der Waals surface area contributed by atoms with E-state index in [0.717, 1.165) is 39.2 Å². The Labute approximate surface area is 230 Å². The van der Waals surface area contributed by atoms with Crippen LogP contribution in [0.5, 0.6) is 0 Å². The number of benzene rings is 1. The van der Waals surface area contributed by atoms with Gasteiger partial charge in [-0.05, 0) is 61.5 Å². The van der Waals surface area contributed by atoms with Gasteiger partial charge < -0.3 is 15.2 Å². The van der Waals surface area contributed by atoms with Crippen molar-refractivity contribution in [2.75, 3.05) is 29.2 Å². The molecule has 2 N–H and O–H groups in total. The molecule has 10 heteroatoms. The molecule has 40 heavy (non-hydrogen) atoms. The predicted molar refractivity (Wildman–Crippen MR) is 158 cm³/mol. The van der Waals surface area contributed by atoms with Crippen molar-refractivity contribution in [1.82, 2.24) is 29.9 Å². The van der Waals surface area contributed by atoms with Gasteiger partial charge in [0.15, 0.2) is 5.65 Å². The predicted octanol–water partition coefficient (Wildman–Crippen LogP) is 5.77. The summed E-state index contributed by atoms with van der Waals surface area (Å²) in [6.07, 6.45) is 6.88. The van der Waals surface area contributed by atoms with Gasteiger partial charge in [-0.15, -0.1) is 0 Å². The first kappa shape index (κ1) is 24.9. The lowest BCUT2D eigenvalue weighted by Crippen LogP contribution is -2.23. The zero-order valence-corrected chi connectivity index (χ0v) is 22.5. The number of aromatic amines is 1. The molecule has 1 aromatic carbocycles. The fourth-order valence-electron chi connectivity index (χ4n) is 4.60. The zero-order valence-electron chi connectivity index (χ0n) is 22.5. The number of nitrogens with one attached hydrogen (secondary N) is 2. The van der Waals surface area contributed by atoms with Crippen LogP contribution in [0.3, 0.4) is 0 Å². The molecule has 5 aromatic heterocycles. The number of amides is 1. The second-order valence-corrected chi connectivity index (χ2v) is 9.67. The fraction of sp³-hybridized carbons (Fsp3) is 0.133. The SMILES string of the molecule is CC(=O)N(c1ccnc(C)c1)c1cnc2nc(-c3ccc(Nc4ccnc5ccc(N(C)C)cc45)nc3)[nH]c2c1. The average Bonchev–Trinajstić information content (AvgIpc) is 3.37. The van der Waals surface area contributed by atoms with Crippen LogP contribution in [0, 0.1) is 6.92 Å². The first-order valence-corrected chi connectivity index (χ1v) is 12.7. The Morgan fingerprint density at radius 3 is 2.45 bits per heavy atom. The number of hydrogen-bond donors (Lipinski definition) is 2. The molecule has 0 saturated heterocycles. The molecule has 0 aliphatic carbocycles. The van der Waals surface area contributed by atoms with Gasteiger partial charge in [-0.3, -0.25) is 19.7 Å². The number of anilines is 5. The molecule has 0 radical (unpaired) electrons. The molecule has 1 amide bonds. The lowest BCUT2D eigenvalue weighted by molar-refractivity contribution is -0.115. The second-order valence-electron chi connectivity index (χ2n) is 9.67. The summed E-state index contributed by atoms with van der Waals surface area (Å²) < 4.78 is 0. The smallest absolute Gasteiger partial charge is 0.228 e. The largest absolute Gasteiger partial charge is 0.378 e. The normalized spacial score (nSPS) is 11.1. The summed E-state index contributed by atoms with van der Waals surface area (Å²) in [5.41, 5.74) is 7.19. The van der Waals surface area contributed by atoms with Crippen molar-refractivity contribution in [2.24, 2.45) is 0 Å². The summed E-state index contributed by atoms with van der Waals surface area (Å²) in [5.74, 6) is 1.21. The van der Waals surface area contributed by atoms with E-state index >= 15 is 0 Å². The number of pyridine rings is 4. The van der Waals surface area contributed by atoms with E-state index in [9.17, 15) is 4.79 Å². The summed E-state index contributed by atoms with van der Waals surface area (Å²) in [4.78, 5) is 42.0. The molecule has 0 bridgehead atoms. The molecule has 6 aromatic rings. The van der Waals surface area contributed by atoms with Crippen LogP contribution in [0.4, 0.5) is 28.6 Å². The van der Waals surface area contributed by atoms with E-state index in [0.29, 0.717) is 28.5 Å². The minimum atomic E-state index is -0.126. The van der Waals surface area contributed by atoms with Gasteiger partial charge in [0.05, 0.1) is 34.3 Å². The summed E-state index contributed by atoms with van der Waals surface area (Å²) in [6.45, 7) is 3.41. The monoisotopic (exact) mass is 529 g/mol. The topological polar surface area (TPSA) is 116 Å². The molecule has 10 nitrogen and oxygen atoms in total. The van der Waals surface area contributed by atoms with E-state index < -0.39 is 0 Å². The van der Waals surface area contributed by atoms with Crippen LogP contribution in [-0.2, 0) is 4.79 Å². The minimum Gasteiger partial charge on any atom is -0.378 e. The van der Waals surface area contributed by atoms with E-state index in [-0.39, 0.29) is 5.91 Å². The number of aryl methyl sites for hydroxylation is 1. The van der Waals surface area contributed by atoms with E-state index in [2.05, 4.69) is 52.3 Å². The summed E-state index contributed by atoms with van der Waals surface area (Å²) in [5, 5.41) is 4.43. The van der Waals surface area contributed by atoms with Crippen molar-refractivity contribution >= 4 is 56.5 Å². The Morgan fingerprint density at radius 2 is 1.70 bits per heavy atom. The quantitative estimate of drug-likeness (QED) is 0.280. The van der Waals surface area contributed by atoms with Gasteiger partial charge in [0.2, 0.25) is 5.91 Å². The standard InChI is InChI=1S/C30H27N9O/c1-18-13-22(9-11-31-18)39(19(2)40)23-15-27-30(34-17-23)37-29(36-27)20-5-8-28(33-16-20)35-26-10-12-32-25-7-6-21(38(3)4)14-24(25)26/h5-17H,1-4H3,(H,32,33,35)(H,34,36,37). The summed E-state index contributed by atoms with van der Waals surface area (Å²) in [7, 11) is 4.03. The maximum Gasteiger partial charge on any atom is 0.228 e. The van der Waals surface area contributed by atoms with Gasteiger partial charge in [-0.2, -0.15) is 0 Å². The Morgan fingerprint density at radius 1 is 0.850 bits per heavy atom. The van der Waals surface area contributed by atoms with Gasteiger partial charge in [0, 0.05) is 61.9 Å². The van der Waals surface area contributed by atoms with Crippen LogP contribution in [0.15, 0.2) is 79.4 Å². The number of imidazole rings is 1. The van der Waals surface area contributed by atoms with E-state index in [1.54, 1.807) is 35.8 Å². The Bertz CT molecular complexity index is 1860. The van der Waals surface area contributed by atoms with Gasteiger partial charge in [0.25, 0.3) is 0 Å². The first-order chi connectivity index (χ1) is 19.4. The average molecular weight is 530 g/mol. The van der Waals surface area contributed by atoms with Crippen molar-refractivity contribution in [3.63, 3.8) is 0 Å². The number of aromatic nitrogens is 6. The highest BCUT2D eigenvalue weighted by molar-refractivity contribution is 6.00. The molecule has 0 unspecified atom stereocenters. The van der Waals surface area contributed by atoms with Gasteiger partial charge in [0.1, 0.15) is 11.6 Å². The van der Waals surface area contributed by atoms with Gasteiger partial charge in [-0.1, -0.05) is 0 Å². The summed E-state index contributed by atoms with van der Waals surface area (Å²) in [6, 6.07) is 17.5. The van der Waals surface area contributed by atoms with Crippen LogP contribution in [0.25, 0.3) is 33.5 Å². The van der Waals surface area contributed by atoms with Crippen molar-refractivity contribution in [3.05, 3.63) is 85.1 Å². The molecule has 0 spiro atoms. The van der Waals surface area contributed by atoms with E-state index in [4.69, 9.17) is 0 Å². The zero-order chi connectivity index (χ0) is 27.8. The Balaban J connectivity index is 1.27. The molecule has 5 heterocycles. The van der Waals surface area contributed by atoms with Crippen LogP contribution in [-0.4, -0.2) is 49.9 Å². The van der Waals surface area contributed by atoms with Crippen LogP contribution in [0.1, 0.15) is 12.6 Å². The number of carbonyl (C=O) groups excluding carboxylic acids is 1. The highest BCUT2D eigenvalue weighted by Gasteiger charge is 2.17. The molecule has 0 atom stereocenters. The maximum atomic E-state index is 12.5. The molecule has 198 valence electrons. The van der Waals surface area contributed by atoms with E-state index in [1.165, 1.54) is 6.92 Å². The third-order valence-corrected chi connectivity index (χ3v) is 6.58. The van der Waals surface area contributed by atoms with Crippen molar-refractivity contribution in [2.45, 2.75) is 13.8 Å². The maximum absolute atomic E-state index is 12.5. The van der Waals surface area contributed by atoms with Crippen LogP contribution in [0.2, 0.25) is 0 Å². The number of nitrogens with zero attached hydrogens (tertiary/aromatic N) is 7. The van der Waals surface area contributed by atoms with Gasteiger partial charge in [-0.25, -0.2) is 15.0 Å². The summed E-state index contributed by atoms with van der Waals surface area (Å²) >= 11 is 0. The van der Waals surface area contributed by atoms with Crippen molar-refractivity contribution in [1.29, 1.82) is 0 Å². The molecule has 0 fully saturated rings. The minimum absolute atomic E-state index is 0.126. The molecule has 0 aliphatic heterocycles. The molecular formula is C30H27N9O. The second kappa shape index (κ2) is 10.1. The van der Waals surface area contributed by atoms with E-state index in [1.807, 2.05) is 57.4 Å². The first-order valence-electron chi connectivity index (χ1n) is 12.7. The lowest BCUT2D eigenvalue weighted by Gasteiger charge is -2.21. The van der Waals surface area contributed by atoms with Crippen LogP contribution >= 0.6 is 0 Å².